The number of nitrogens with one attached hydrogen (secondary N) is 1. The summed E-state index contributed by atoms with van der Waals surface area (Å²) in [6.07, 6.45) is 0. The number of carbonyl (C=O) groups is 1. The second kappa shape index (κ2) is 9.22. The lowest BCUT2D eigenvalue weighted by molar-refractivity contribution is -0.117. The van der Waals surface area contributed by atoms with Crippen LogP contribution in [0.15, 0.2) is 54.6 Å². The predicted octanol–water partition coefficient (Wildman–Crippen LogP) is 3.26. The Morgan fingerprint density at radius 3 is 2.32 bits per heavy atom. The minimum atomic E-state index is 0.00266. The summed E-state index contributed by atoms with van der Waals surface area (Å²) in [5.41, 5.74) is 5.24. The number of ether oxygens (including phenoxy) is 1. The normalized spacial score (nSPS) is 14.5. The number of aromatic nitrogens is 2. The molecule has 0 spiro atoms. The first-order valence-corrected chi connectivity index (χ1v) is 10.6. The summed E-state index contributed by atoms with van der Waals surface area (Å²) >= 11 is 0. The molecule has 0 radical (unpaired) electrons. The lowest BCUT2D eigenvalue weighted by Gasteiger charge is -2.35. The van der Waals surface area contributed by atoms with Crippen LogP contribution in [0.1, 0.15) is 11.4 Å². The number of hydrogen-bond acceptors (Lipinski definition) is 5. The van der Waals surface area contributed by atoms with Crippen molar-refractivity contribution in [2.24, 2.45) is 0 Å². The average molecular weight is 420 g/mol. The first-order valence-electron chi connectivity index (χ1n) is 10.6. The van der Waals surface area contributed by atoms with Crippen molar-refractivity contribution in [1.29, 1.82) is 0 Å². The van der Waals surface area contributed by atoms with Gasteiger partial charge < -0.3 is 15.0 Å². The van der Waals surface area contributed by atoms with E-state index in [4.69, 9.17) is 9.84 Å². The molecule has 2 aromatic carbocycles. The fourth-order valence-electron chi connectivity index (χ4n) is 4.12. The Morgan fingerprint density at radius 2 is 1.68 bits per heavy atom. The van der Waals surface area contributed by atoms with Crippen molar-refractivity contribution < 1.29 is 9.53 Å². The molecule has 7 heteroatoms. The fourth-order valence-corrected chi connectivity index (χ4v) is 4.12. The summed E-state index contributed by atoms with van der Waals surface area (Å²) in [7, 11) is 1.63. The number of para-hydroxylation sites is 1. The van der Waals surface area contributed by atoms with E-state index in [0.717, 1.165) is 54.7 Å². The van der Waals surface area contributed by atoms with Crippen LogP contribution < -0.4 is 15.0 Å². The highest BCUT2D eigenvalue weighted by Crippen LogP contribution is 2.27. The molecule has 0 bridgehead atoms. The second-order valence-corrected chi connectivity index (χ2v) is 7.81. The molecule has 0 aliphatic carbocycles. The van der Waals surface area contributed by atoms with E-state index in [2.05, 4.69) is 41.1 Å². The standard InChI is InChI=1S/C24H29N5O2/c1-18-24(19(2)29(26-18)21-7-5-4-6-8-21)28-15-13-27(14-16-28)17-23(30)25-20-9-11-22(31-3)12-10-20/h4-12H,13-17H2,1-3H3,(H,25,30). The summed E-state index contributed by atoms with van der Waals surface area (Å²) in [6.45, 7) is 8.00. The number of piperazine rings is 1. The maximum atomic E-state index is 12.4. The number of nitrogens with zero attached hydrogens (tertiary/aromatic N) is 4. The zero-order chi connectivity index (χ0) is 21.8. The molecular formula is C24H29N5O2. The Hall–Kier alpha value is -3.32. The van der Waals surface area contributed by atoms with Gasteiger partial charge in [0.2, 0.25) is 5.91 Å². The highest BCUT2D eigenvalue weighted by Gasteiger charge is 2.24. The number of benzene rings is 2. The van der Waals surface area contributed by atoms with Gasteiger partial charge in [-0.2, -0.15) is 5.10 Å². The summed E-state index contributed by atoms with van der Waals surface area (Å²) < 4.78 is 7.17. The lowest BCUT2D eigenvalue weighted by atomic mass is 10.2. The fraction of sp³-hybridized carbons (Fsp3) is 0.333. The van der Waals surface area contributed by atoms with E-state index in [0.29, 0.717) is 6.54 Å². The minimum absolute atomic E-state index is 0.00266. The molecule has 1 aliphatic heterocycles. The zero-order valence-corrected chi connectivity index (χ0v) is 18.3. The van der Waals surface area contributed by atoms with Crippen molar-refractivity contribution in [2.45, 2.75) is 13.8 Å². The molecule has 31 heavy (non-hydrogen) atoms. The quantitative estimate of drug-likeness (QED) is 0.665. The maximum absolute atomic E-state index is 12.4. The van der Waals surface area contributed by atoms with Gasteiger partial charge in [-0.3, -0.25) is 9.69 Å². The van der Waals surface area contributed by atoms with Crippen LogP contribution in [-0.2, 0) is 4.79 Å². The Labute approximate surface area is 183 Å². The Kier molecular flexibility index (Phi) is 6.23. The molecule has 1 aliphatic rings. The first-order chi connectivity index (χ1) is 15.0. The Balaban J connectivity index is 1.34. The third-order valence-corrected chi connectivity index (χ3v) is 5.68. The SMILES string of the molecule is COc1ccc(NC(=O)CN2CCN(c3c(C)nn(-c4ccccc4)c3C)CC2)cc1. The van der Waals surface area contributed by atoms with Crippen molar-refractivity contribution in [1.82, 2.24) is 14.7 Å². The van der Waals surface area contributed by atoms with Gasteiger partial charge in [-0.25, -0.2) is 4.68 Å². The van der Waals surface area contributed by atoms with Gasteiger partial charge in [0, 0.05) is 31.9 Å². The van der Waals surface area contributed by atoms with Gasteiger partial charge in [0.05, 0.1) is 36.4 Å². The van der Waals surface area contributed by atoms with Crippen LogP contribution in [0.2, 0.25) is 0 Å². The number of anilines is 2. The minimum Gasteiger partial charge on any atom is -0.497 e. The molecule has 0 saturated carbocycles. The summed E-state index contributed by atoms with van der Waals surface area (Å²) in [5, 5.41) is 7.73. The summed E-state index contributed by atoms with van der Waals surface area (Å²) in [6, 6.07) is 17.6. The number of carbonyl (C=O) groups excluding carboxylic acids is 1. The van der Waals surface area contributed by atoms with Crippen molar-refractivity contribution in [3.8, 4) is 11.4 Å². The average Bonchev–Trinajstić information content (AvgIpc) is 3.09. The summed E-state index contributed by atoms with van der Waals surface area (Å²) in [4.78, 5) is 17.0. The third kappa shape index (κ3) is 4.72. The van der Waals surface area contributed by atoms with E-state index >= 15 is 0 Å². The van der Waals surface area contributed by atoms with E-state index in [1.165, 1.54) is 5.69 Å². The van der Waals surface area contributed by atoms with Crippen LogP contribution in [0.4, 0.5) is 11.4 Å². The molecule has 1 saturated heterocycles. The van der Waals surface area contributed by atoms with Crippen molar-refractivity contribution in [2.75, 3.05) is 50.1 Å². The molecular weight excluding hydrogens is 390 g/mol. The molecule has 0 atom stereocenters. The van der Waals surface area contributed by atoms with Crippen LogP contribution >= 0.6 is 0 Å². The van der Waals surface area contributed by atoms with E-state index in [1.54, 1.807) is 7.11 Å². The highest BCUT2D eigenvalue weighted by atomic mass is 16.5. The van der Waals surface area contributed by atoms with E-state index in [1.807, 2.05) is 47.1 Å². The number of amides is 1. The molecule has 7 nitrogen and oxygen atoms in total. The largest absolute Gasteiger partial charge is 0.497 e. The number of rotatable bonds is 6. The number of methoxy groups -OCH3 is 1. The monoisotopic (exact) mass is 419 g/mol. The van der Waals surface area contributed by atoms with Crippen molar-refractivity contribution in [3.63, 3.8) is 0 Å². The molecule has 2 heterocycles. The van der Waals surface area contributed by atoms with Gasteiger partial charge in [0.1, 0.15) is 5.75 Å². The van der Waals surface area contributed by atoms with E-state index in [-0.39, 0.29) is 5.91 Å². The van der Waals surface area contributed by atoms with Gasteiger partial charge >= 0.3 is 0 Å². The van der Waals surface area contributed by atoms with Crippen molar-refractivity contribution in [3.05, 3.63) is 66.0 Å². The van der Waals surface area contributed by atoms with Crippen molar-refractivity contribution >= 4 is 17.3 Å². The predicted molar refractivity (Wildman–Crippen MR) is 123 cm³/mol. The highest BCUT2D eigenvalue weighted by molar-refractivity contribution is 5.92. The molecule has 0 unspecified atom stereocenters. The molecule has 3 aromatic rings. The van der Waals surface area contributed by atoms with Crippen LogP contribution in [-0.4, -0.2) is 60.4 Å². The van der Waals surface area contributed by atoms with Crippen LogP contribution in [0.5, 0.6) is 5.75 Å². The third-order valence-electron chi connectivity index (χ3n) is 5.68. The Morgan fingerprint density at radius 1 is 1.00 bits per heavy atom. The van der Waals surface area contributed by atoms with Gasteiger partial charge in [0.25, 0.3) is 0 Å². The van der Waals surface area contributed by atoms with Crippen LogP contribution in [0.3, 0.4) is 0 Å². The molecule has 1 amide bonds. The maximum Gasteiger partial charge on any atom is 0.238 e. The van der Waals surface area contributed by atoms with E-state index < -0.39 is 0 Å². The molecule has 4 rings (SSSR count). The number of aryl methyl sites for hydroxylation is 1. The smallest absolute Gasteiger partial charge is 0.238 e. The molecule has 1 aromatic heterocycles. The molecule has 1 fully saturated rings. The molecule has 162 valence electrons. The van der Waals surface area contributed by atoms with Gasteiger partial charge in [-0.15, -0.1) is 0 Å². The second-order valence-electron chi connectivity index (χ2n) is 7.81. The first kappa shape index (κ1) is 20.9. The number of hydrogen-bond donors (Lipinski definition) is 1. The topological polar surface area (TPSA) is 62.6 Å². The lowest BCUT2D eigenvalue weighted by Crippen LogP contribution is -2.49. The van der Waals surface area contributed by atoms with Crippen LogP contribution in [0, 0.1) is 13.8 Å². The Bertz CT molecular complexity index is 1020. The van der Waals surface area contributed by atoms with Gasteiger partial charge in [-0.1, -0.05) is 18.2 Å². The van der Waals surface area contributed by atoms with Gasteiger partial charge in [0.15, 0.2) is 0 Å². The molecule has 1 N–H and O–H groups in total. The van der Waals surface area contributed by atoms with E-state index in [9.17, 15) is 4.79 Å². The zero-order valence-electron chi connectivity index (χ0n) is 18.3. The van der Waals surface area contributed by atoms with Crippen LogP contribution in [0.25, 0.3) is 5.69 Å². The van der Waals surface area contributed by atoms with Gasteiger partial charge in [-0.05, 0) is 50.2 Å². The summed E-state index contributed by atoms with van der Waals surface area (Å²) in [5.74, 6) is 0.776.